The predicted molar refractivity (Wildman–Crippen MR) is 61.7 cm³/mol. The fourth-order valence-electron chi connectivity index (χ4n) is 2.11. The van der Waals surface area contributed by atoms with Crippen LogP contribution in [0.4, 0.5) is 0 Å². The van der Waals surface area contributed by atoms with Crippen molar-refractivity contribution in [2.75, 3.05) is 14.2 Å². The number of aliphatic hydroxyl groups excluding tert-OH is 1. The quantitative estimate of drug-likeness (QED) is 0.777. The molecule has 0 aliphatic heterocycles. The molecule has 0 fully saturated rings. The molecule has 0 spiro atoms. The van der Waals surface area contributed by atoms with E-state index in [1.165, 1.54) is 0 Å². The number of hydrogen-bond donors (Lipinski definition) is 1. The van der Waals surface area contributed by atoms with E-state index in [0.29, 0.717) is 5.75 Å². The van der Waals surface area contributed by atoms with E-state index in [9.17, 15) is 5.11 Å². The molecular formula is C13H17O3+. The van der Waals surface area contributed by atoms with Gasteiger partial charge in [-0.2, -0.15) is 0 Å². The van der Waals surface area contributed by atoms with Crippen LogP contribution in [0.5, 0.6) is 11.5 Å². The number of ether oxygens (including phenoxy) is 2. The number of aliphatic hydroxyl groups is 1. The van der Waals surface area contributed by atoms with E-state index < -0.39 is 6.10 Å². The second-order valence-electron chi connectivity index (χ2n) is 4.15. The van der Waals surface area contributed by atoms with E-state index in [2.05, 4.69) is 6.42 Å². The van der Waals surface area contributed by atoms with Gasteiger partial charge in [0.1, 0.15) is 18.4 Å². The summed E-state index contributed by atoms with van der Waals surface area (Å²) in [7, 11) is 3.23. The van der Waals surface area contributed by atoms with Gasteiger partial charge in [-0.15, -0.1) is 0 Å². The van der Waals surface area contributed by atoms with Crippen molar-refractivity contribution < 1.29 is 14.6 Å². The van der Waals surface area contributed by atoms with E-state index in [0.717, 1.165) is 23.3 Å². The lowest BCUT2D eigenvalue weighted by Gasteiger charge is -2.22. The average molecular weight is 221 g/mol. The predicted octanol–water partition coefficient (Wildman–Crippen LogP) is 2.13. The lowest BCUT2D eigenvalue weighted by molar-refractivity contribution is 0.124. The summed E-state index contributed by atoms with van der Waals surface area (Å²) in [5.41, 5.74) is 2.07. The summed E-state index contributed by atoms with van der Waals surface area (Å²) in [4.78, 5) is 0. The van der Waals surface area contributed by atoms with Crippen molar-refractivity contribution >= 4 is 0 Å². The van der Waals surface area contributed by atoms with Crippen LogP contribution >= 0.6 is 0 Å². The molecule has 0 saturated carbocycles. The molecule has 1 N–H and O–H groups in total. The van der Waals surface area contributed by atoms with Crippen molar-refractivity contribution in [1.29, 1.82) is 0 Å². The molecule has 2 atom stereocenters. The Morgan fingerprint density at radius 1 is 1.25 bits per heavy atom. The van der Waals surface area contributed by atoms with Crippen molar-refractivity contribution in [3.8, 4) is 11.5 Å². The topological polar surface area (TPSA) is 38.7 Å². The summed E-state index contributed by atoms with van der Waals surface area (Å²) >= 11 is 0. The highest BCUT2D eigenvalue weighted by Crippen LogP contribution is 2.39. The average Bonchev–Trinajstić information content (AvgIpc) is 2.32. The smallest absolute Gasteiger partial charge is 0.161 e. The number of hydrogen-bond acceptors (Lipinski definition) is 3. The molecule has 1 aliphatic rings. The molecule has 3 nitrogen and oxygen atoms in total. The third-order valence-electron chi connectivity index (χ3n) is 3.17. The molecule has 16 heavy (non-hydrogen) atoms. The third kappa shape index (κ3) is 1.71. The normalized spacial score (nSPS) is 23.2. The van der Waals surface area contributed by atoms with Gasteiger partial charge in [-0.05, 0) is 24.6 Å². The molecule has 0 radical (unpaired) electrons. The van der Waals surface area contributed by atoms with E-state index in [1.54, 1.807) is 14.2 Å². The van der Waals surface area contributed by atoms with Gasteiger partial charge < -0.3 is 14.6 Å². The molecule has 1 aromatic rings. The van der Waals surface area contributed by atoms with Crippen LogP contribution in [0.2, 0.25) is 0 Å². The van der Waals surface area contributed by atoms with Crippen molar-refractivity contribution in [3.05, 3.63) is 29.7 Å². The molecule has 3 heteroatoms. The molecule has 0 bridgehead atoms. The van der Waals surface area contributed by atoms with Crippen LogP contribution in [0.25, 0.3) is 0 Å². The van der Waals surface area contributed by atoms with E-state index in [-0.39, 0.29) is 5.92 Å². The molecule has 0 aromatic heterocycles. The number of fused-ring (bicyclic) bond motifs is 1. The summed E-state index contributed by atoms with van der Waals surface area (Å²) in [6, 6.07) is 3.82. The first-order chi connectivity index (χ1) is 7.67. The van der Waals surface area contributed by atoms with Gasteiger partial charge >= 0.3 is 0 Å². The summed E-state index contributed by atoms with van der Waals surface area (Å²) in [5.74, 6) is 1.58. The molecule has 86 valence electrons. The van der Waals surface area contributed by atoms with Crippen molar-refractivity contribution in [2.45, 2.75) is 19.4 Å². The van der Waals surface area contributed by atoms with Crippen LogP contribution in [0.3, 0.4) is 0 Å². The highest BCUT2D eigenvalue weighted by atomic mass is 16.5. The van der Waals surface area contributed by atoms with Crippen LogP contribution in [-0.2, 0) is 6.42 Å². The Morgan fingerprint density at radius 2 is 1.88 bits per heavy atom. The molecule has 1 aromatic carbocycles. The Labute approximate surface area is 96.0 Å². The second-order valence-corrected chi connectivity index (χ2v) is 4.15. The van der Waals surface area contributed by atoms with Gasteiger partial charge in [0.2, 0.25) is 0 Å². The molecular weight excluding hydrogens is 204 g/mol. The number of rotatable bonds is 2. The third-order valence-corrected chi connectivity index (χ3v) is 3.17. The van der Waals surface area contributed by atoms with Crippen LogP contribution in [0.15, 0.2) is 12.1 Å². The lowest BCUT2D eigenvalue weighted by atomic mass is 9.82. The first kappa shape index (κ1) is 11.1. The zero-order valence-corrected chi connectivity index (χ0v) is 9.86. The summed E-state index contributed by atoms with van der Waals surface area (Å²) in [6.07, 6.45) is 2.55. The molecule has 0 heterocycles. The molecule has 0 saturated heterocycles. The Kier molecular flexibility index (Phi) is 2.97. The highest BCUT2D eigenvalue weighted by molar-refractivity contribution is 5.49. The molecule has 0 amide bonds. The maximum Gasteiger partial charge on any atom is 0.161 e. The molecule has 2 rings (SSSR count). The van der Waals surface area contributed by atoms with Gasteiger partial charge in [0.15, 0.2) is 11.5 Å². The minimum Gasteiger partial charge on any atom is -0.493 e. The SMILES string of the molecule is COc1cc2c(cc1OC)C(O)C(C)[CH+]C2. The summed E-state index contributed by atoms with van der Waals surface area (Å²) in [5, 5.41) is 10.1. The van der Waals surface area contributed by atoms with Crippen molar-refractivity contribution in [3.63, 3.8) is 0 Å². The van der Waals surface area contributed by atoms with Gasteiger partial charge in [-0.25, -0.2) is 0 Å². The summed E-state index contributed by atoms with van der Waals surface area (Å²) < 4.78 is 10.5. The second kappa shape index (κ2) is 4.26. The number of benzene rings is 1. The Balaban J connectivity index is 2.48. The Bertz CT molecular complexity index is 387. The van der Waals surface area contributed by atoms with E-state index in [1.807, 2.05) is 19.1 Å². The molecule has 2 unspecified atom stereocenters. The largest absolute Gasteiger partial charge is 0.493 e. The fourth-order valence-corrected chi connectivity index (χ4v) is 2.11. The highest BCUT2D eigenvalue weighted by Gasteiger charge is 2.32. The van der Waals surface area contributed by atoms with Crippen LogP contribution in [0.1, 0.15) is 24.2 Å². The molecule has 1 aliphatic carbocycles. The van der Waals surface area contributed by atoms with Crippen LogP contribution < -0.4 is 9.47 Å². The fraction of sp³-hybridized carbons (Fsp3) is 0.462. The van der Waals surface area contributed by atoms with Gasteiger partial charge in [0.05, 0.1) is 20.6 Å². The minimum atomic E-state index is -0.441. The van der Waals surface area contributed by atoms with Gasteiger partial charge in [0.25, 0.3) is 0 Å². The van der Waals surface area contributed by atoms with E-state index >= 15 is 0 Å². The number of methoxy groups -OCH3 is 2. The maximum atomic E-state index is 10.1. The standard InChI is InChI=1S/C13H17O3/c1-8-4-5-9-6-11(15-2)12(16-3)7-10(9)13(8)14/h4,6-8,13-14H,5H2,1-3H3/q+1. The van der Waals surface area contributed by atoms with Gasteiger partial charge in [0, 0.05) is 5.56 Å². The van der Waals surface area contributed by atoms with Gasteiger partial charge in [-0.3, -0.25) is 0 Å². The first-order valence-corrected chi connectivity index (χ1v) is 5.43. The maximum absolute atomic E-state index is 10.1. The van der Waals surface area contributed by atoms with Crippen LogP contribution in [-0.4, -0.2) is 19.3 Å². The first-order valence-electron chi connectivity index (χ1n) is 5.43. The van der Waals surface area contributed by atoms with Crippen molar-refractivity contribution in [1.82, 2.24) is 0 Å². The van der Waals surface area contributed by atoms with Crippen molar-refractivity contribution in [2.24, 2.45) is 5.92 Å². The lowest BCUT2D eigenvalue weighted by Crippen LogP contribution is -2.18. The monoisotopic (exact) mass is 221 g/mol. The van der Waals surface area contributed by atoms with E-state index in [4.69, 9.17) is 9.47 Å². The van der Waals surface area contributed by atoms with Crippen LogP contribution in [0, 0.1) is 12.3 Å². The zero-order valence-electron chi connectivity index (χ0n) is 9.86. The zero-order chi connectivity index (χ0) is 11.7. The Morgan fingerprint density at radius 3 is 2.50 bits per heavy atom. The minimum absolute atomic E-state index is 0.186. The summed E-state index contributed by atoms with van der Waals surface area (Å²) in [6.45, 7) is 2.02. The Hall–Kier alpha value is -1.35. The van der Waals surface area contributed by atoms with Gasteiger partial charge in [-0.1, -0.05) is 0 Å².